The number of likely N-dealkylation sites (tertiary alicyclic amines) is 1. The normalized spacial score (nSPS) is 28.2. The van der Waals surface area contributed by atoms with Crippen molar-refractivity contribution < 1.29 is 4.79 Å². The SMILES string of the molecule is Cc1ncc(C(=O)N2C[C@@H]3CCCN[C@@H]3C2)s1. The highest BCUT2D eigenvalue weighted by atomic mass is 32.1. The van der Waals surface area contributed by atoms with Gasteiger partial charge in [-0.25, -0.2) is 4.98 Å². The van der Waals surface area contributed by atoms with Crippen molar-refractivity contribution >= 4 is 17.2 Å². The van der Waals surface area contributed by atoms with Crippen molar-refractivity contribution in [2.75, 3.05) is 19.6 Å². The second-order valence-electron chi connectivity index (χ2n) is 4.92. The first-order chi connectivity index (χ1) is 8.24. The molecule has 2 atom stereocenters. The fourth-order valence-corrected chi connectivity index (χ4v) is 3.57. The van der Waals surface area contributed by atoms with Crippen LogP contribution in [0.2, 0.25) is 0 Å². The summed E-state index contributed by atoms with van der Waals surface area (Å²) in [5.41, 5.74) is 0. The molecule has 1 aromatic heterocycles. The molecule has 0 bridgehead atoms. The van der Waals surface area contributed by atoms with E-state index in [1.807, 2.05) is 11.8 Å². The minimum Gasteiger partial charge on any atom is -0.336 e. The van der Waals surface area contributed by atoms with Gasteiger partial charge >= 0.3 is 0 Å². The molecule has 1 N–H and O–H groups in total. The number of thiazole rings is 1. The lowest BCUT2D eigenvalue weighted by Crippen LogP contribution is -2.41. The molecule has 17 heavy (non-hydrogen) atoms. The van der Waals surface area contributed by atoms with Gasteiger partial charge in [-0.1, -0.05) is 0 Å². The molecule has 4 nitrogen and oxygen atoms in total. The number of rotatable bonds is 1. The Labute approximate surface area is 105 Å². The third-order valence-electron chi connectivity index (χ3n) is 3.72. The van der Waals surface area contributed by atoms with Crippen LogP contribution in [-0.2, 0) is 0 Å². The van der Waals surface area contributed by atoms with Crippen LogP contribution in [0.1, 0.15) is 27.5 Å². The molecule has 1 aromatic rings. The van der Waals surface area contributed by atoms with E-state index < -0.39 is 0 Å². The Morgan fingerprint density at radius 3 is 3.18 bits per heavy atom. The Bertz CT molecular complexity index is 417. The van der Waals surface area contributed by atoms with Crippen LogP contribution in [0.5, 0.6) is 0 Å². The maximum Gasteiger partial charge on any atom is 0.265 e. The summed E-state index contributed by atoms with van der Waals surface area (Å²) in [6.45, 7) is 4.81. The van der Waals surface area contributed by atoms with Crippen molar-refractivity contribution in [3.63, 3.8) is 0 Å². The molecule has 1 amide bonds. The zero-order valence-corrected chi connectivity index (χ0v) is 10.8. The quantitative estimate of drug-likeness (QED) is 0.817. The van der Waals surface area contributed by atoms with Gasteiger partial charge in [0.25, 0.3) is 5.91 Å². The van der Waals surface area contributed by atoms with Crippen LogP contribution in [0.15, 0.2) is 6.20 Å². The summed E-state index contributed by atoms with van der Waals surface area (Å²) in [6, 6.07) is 0.515. The lowest BCUT2D eigenvalue weighted by Gasteiger charge is -2.24. The van der Waals surface area contributed by atoms with Crippen molar-refractivity contribution in [2.45, 2.75) is 25.8 Å². The highest BCUT2D eigenvalue weighted by Crippen LogP contribution is 2.26. The summed E-state index contributed by atoms with van der Waals surface area (Å²) in [7, 11) is 0. The zero-order chi connectivity index (χ0) is 11.8. The number of carbonyl (C=O) groups excluding carboxylic acids is 1. The molecule has 3 rings (SSSR count). The molecule has 5 heteroatoms. The summed E-state index contributed by atoms with van der Waals surface area (Å²) in [4.78, 5) is 19.2. The smallest absolute Gasteiger partial charge is 0.265 e. The molecule has 92 valence electrons. The Balaban J connectivity index is 1.71. The molecule has 0 spiro atoms. The van der Waals surface area contributed by atoms with Gasteiger partial charge in [-0.15, -0.1) is 11.3 Å². The van der Waals surface area contributed by atoms with Gasteiger partial charge < -0.3 is 10.2 Å². The summed E-state index contributed by atoms with van der Waals surface area (Å²) < 4.78 is 0. The van der Waals surface area contributed by atoms with Gasteiger partial charge in [0.1, 0.15) is 4.88 Å². The van der Waals surface area contributed by atoms with E-state index in [1.54, 1.807) is 6.20 Å². The number of amides is 1. The Morgan fingerprint density at radius 1 is 1.59 bits per heavy atom. The van der Waals surface area contributed by atoms with Crippen molar-refractivity contribution in [3.8, 4) is 0 Å². The monoisotopic (exact) mass is 251 g/mol. The molecule has 0 unspecified atom stereocenters. The van der Waals surface area contributed by atoms with Crippen LogP contribution in [0.4, 0.5) is 0 Å². The second kappa shape index (κ2) is 4.38. The number of aryl methyl sites for hydroxylation is 1. The van der Waals surface area contributed by atoms with Crippen LogP contribution < -0.4 is 5.32 Å². The third kappa shape index (κ3) is 2.09. The van der Waals surface area contributed by atoms with Crippen molar-refractivity contribution in [1.29, 1.82) is 0 Å². The number of piperidine rings is 1. The lowest BCUT2D eigenvalue weighted by molar-refractivity contribution is 0.0790. The van der Waals surface area contributed by atoms with Crippen LogP contribution >= 0.6 is 11.3 Å². The third-order valence-corrected chi connectivity index (χ3v) is 4.62. The predicted molar refractivity (Wildman–Crippen MR) is 67.3 cm³/mol. The average Bonchev–Trinajstić information content (AvgIpc) is 2.93. The van der Waals surface area contributed by atoms with E-state index in [9.17, 15) is 4.79 Å². The van der Waals surface area contributed by atoms with Crippen LogP contribution in [0.3, 0.4) is 0 Å². The van der Waals surface area contributed by atoms with Gasteiger partial charge in [0.15, 0.2) is 0 Å². The number of carbonyl (C=O) groups is 1. The van der Waals surface area contributed by atoms with E-state index >= 15 is 0 Å². The highest BCUT2D eigenvalue weighted by Gasteiger charge is 2.36. The van der Waals surface area contributed by atoms with E-state index in [0.717, 1.165) is 29.5 Å². The number of aromatic nitrogens is 1. The molecular formula is C12H17N3OS. The minimum atomic E-state index is 0.159. The number of hydrogen-bond acceptors (Lipinski definition) is 4. The van der Waals surface area contributed by atoms with Gasteiger partial charge in [0.05, 0.1) is 11.2 Å². The van der Waals surface area contributed by atoms with Crippen LogP contribution in [0, 0.1) is 12.8 Å². The van der Waals surface area contributed by atoms with E-state index in [2.05, 4.69) is 10.3 Å². The number of nitrogens with zero attached hydrogens (tertiary/aromatic N) is 2. The molecule has 3 heterocycles. The molecule has 2 aliphatic rings. The van der Waals surface area contributed by atoms with Gasteiger partial charge in [-0.2, -0.15) is 0 Å². The van der Waals surface area contributed by atoms with Gasteiger partial charge in [-0.3, -0.25) is 4.79 Å². The van der Waals surface area contributed by atoms with E-state index in [1.165, 1.54) is 24.2 Å². The first-order valence-electron chi connectivity index (χ1n) is 6.19. The number of nitrogens with one attached hydrogen (secondary N) is 1. The van der Waals surface area contributed by atoms with Gasteiger partial charge in [0, 0.05) is 19.1 Å². The molecule has 0 saturated carbocycles. The molecule has 2 aliphatic heterocycles. The topological polar surface area (TPSA) is 45.2 Å². The molecule has 0 aliphatic carbocycles. The lowest BCUT2D eigenvalue weighted by atomic mass is 9.94. The number of fused-ring (bicyclic) bond motifs is 1. The fraction of sp³-hybridized carbons (Fsp3) is 0.667. The minimum absolute atomic E-state index is 0.159. The van der Waals surface area contributed by atoms with E-state index in [4.69, 9.17) is 0 Å². The summed E-state index contributed by atoms with van der Waals surface area (Å²) >= 11 is 1.49. The van der Waals surface area contributed by atoms with Crippen LogP contribution in [-0.4, -0.2) is 41.5 Å². The van der Waals surface area contributed by atoms with Gasteiger partial charge in [-0.05, 0) is 32.2 Å². The van der Waals surface area contributed by atoms with E-state index in [0.29, 0.717) is 12.0 Å². The Morgan fingerprint density at radius 2 is 2.47 bits per heavy atom. The first-order valence-corrected chi connectivity index (χ1v) is 7.01. The molecule has 2 fully saturated rings. The van der Waals surface area contributed by atoms with Crippen LogP contribution in [0.25, 0.3) is 0 Å². The van der Waals surface area contributed by atoms with Crippen molar-refractivity contribution in [2.24, 2.45) is 5.92 Å². The zero-order valence-electron chi connectivity index (χ0n) is 9.98. The standard InChI is InChI=1S/C12H17N3OS/c1-8-14-5-11(17-8)12(16)15-6-9-3-2-4-13-10(9)7-15/h5,9-10,13H,2-4,6-7H2,1H3/t9-,10+/m0/s1. The van der Waals surface area contributed by atoms with E-state index in [-0.39, 0.29) is 5.91 Å². The molecule has 0 aromatic carbocycles. The van der Waals surface area contributed by atoms with Gasteiger partial charge in [0.2, 0.25) is 0 Å². The maximum absolute atomic E-state index is 12.3. The highest BCUT2D eigenvalue weighted by molar-refractivity contribution is 7.13. The van der Waals surface area contributed by atoms with Crippen molar-refractivity contribution in [1.82, 2.24) is 15.2 Å². The summed E-state index contributed by atoms with van der Waals surface area (Å²) in [5, 5.41) is 4.48. The Kier molecular flexibility index (Phi) is 2.88. The second-order valence-corrected chi connectivity index (χ2v) is 6.15. The Hall–Kier alpha value is -0.940. The largest absolute Gasteiger partial charge is 0.336 e. The van der Waals surface area contributed by atoms with Crippen molar-refractivity contribution in [3.05, 3.63) is 16.1 Å². The summed E-state index contributed by atoms with van der Waals surface area (Å²) in [5.74, 6) is 0.813. The predicted octanol–water partition coefficient (Wildman–Crippen LogP) is 1.28. The average molecular weight is 251 g/mol. The maximum atomic E-state index is 12.3. The fourth-order valence-electron chi connectivity index (χ4n) is 2.83. The summed E-state index contributed by atoms with van der Waals surface area (Å²) in [6.07, 6.45) is 4.20. The molecule has 0 radical (unpaired) electrons. The molecule has 2 saturated heterocycles. The number of hydrogen-bond donors (Lipinski definition) is 1. The molecular weight excluding hydrogens is 234 g/mol. The first kappa shape index (κ1) is 11.2.